The van der Waals surface area contributed by atoms with Gasteiger partial charge in [-0.25, -0.2) is 4.39 Å². The van der Waals surface area contributed by atoms with Crippen molar-refractivity contribution in [3.63, 3.8) is 0 Å². The van der Waals surface area contributed by atoms with Gasteiger partial charge >= 0.3 is 5.97 Å². The van der Waals surface area contributed by atoms with Gasteiger partial charge < -0.3 is 15.2 Å². The van der Waals surface area contributed by atoms with E-state index in [9.17, 15) is 9.18 Å². The van der Waals surface area contributed by atoms with Crippen LogP contribution < -0.4 is 10.5 Å². The van der Waals surface area contributed by atoms with E-state index in [2.05, 4.69) is 4.74 Å². The molecule has 0 fully saturated rings. The Bertz CT molecular complexity index is 395. The Morgan fingerprint density at radius 3 is 2.82 bits per heavy atom. The van der Waals surface area contributed by atoms with E-state index in [0.717, 1.165) is 0 Å². The maximum atomic E-state index is 13.0. The number of carbonyl (C=O) groups excluding carboxylic acids is 1. The van der Waals surface area contributed by atoms with Gasteiger partial charge in [-0.15, -0.1) is 0 Å². The summed E-state index contributed by atoms with van der Waals surface area (Å²) in [6, 6.07) is 3.37. The van der Waals surface area contributed by atoms with Crippen molar-refractivity contribution in [2.45, 2.75) is 19.4 Å². The number of benzene rings is 1. The molecule has 4 nitrogen and oxygen atoms in total. The Balaban J connectivity index is 2.85. The van der Waals surface area contributed by atoms with Gasteiger partial charge in [0.15, 0.2) is 0 Å². The van der Waals surface area contributed by atoms with E-state index < -0.39 is 12.0 Å². The number of ether oxygens (including phenoxy) is 2. The quantitative estimate of drug-likeness (QED) is 0.788. The highest BCUT2D eigenvalue weighted by Gasteiger charge is 2.17. The third kappa shape index (κ3) is 3.71. The number of rotatable bonds is 5. The zero-order valence-corrected chi connectivity index (χ0v) is 9.90. The summed E-state index contributed by atoms with van der Waals surface area (Å²) >= 11 is 0. The van der Waals surface area contributed by atoms with Gasteiger partial charge in [-0.05, 0) is 18.6 Å². The first-order valence-electron chi connectivity index (χ1n) is 5.33. The normalized spacial score (nSPS) is 12.0. The first kappa shape index (κ1) is 13.4. The summed E-state index contributed by atoms with van der Waals surface area (Å²) in [5.41, 5.74) is 6.33. The van der Waals surface area contributed by atoms with Crippen molar-refractivity contribution in [2.75, 3.05) is 13.7 Å². The molecule has 0 bridgehead atoms. The number of nitrogens with two attached hydrogens (primary N) is 1. The Hall–Kier alpha value is -1.62. The molecule has 0 saturated carbocycles. The predicted octanol–water partition coefficient (Wildman–Crippen LogP) is 1.27. The molecule has 5 heteroatoms. The lowest BCUT2D eigenvalue weighted by Gasteiger charge is -2.13. The fourth-order valence-corrected chi connectivity index (χ4v) is 1.46. The van der Waals surface area contributed by atoms with E-state index >= 15 is 0 Å². The molecule has 0 aliphatic carbocycles. The lowest BCUT2D eigenvalue weighted by atomic mass is 10.1. The lowest BCUT2D eigenvalue weighted by Crippen LogP contribution is -2.33. The molecule has 94 valence electrons. The van der Waals surface area contributed by atoms with Gasteiger partial charge in [0.05, 0.1) is 13.7 Å². The minimum atomic E-state index is -0.773. The highest BCUT2D eigenvalue weighted by Crippen LogP contribution is 2.21. The van der Waals surface area contributed by atoms with Gasteiger partial charge in [-0.1, -0.05) is 6.07 Å². The summed E-state index contributed by atoms with van der Waals surface area (Å²) < 4.78 is 22.8. The second-order valence-corrected chi connectivity index (χ2v) is 3.52. The molecule has 1 aromatic carbocycles. The molecule has 0 radical (unpaired) electrons. The molecule has 1 unspecified atom stereocenters. The Morgan fingerprint density at radius 1 is 1.53 bits per heavy atom. The summed E-state index contributed by atoms with van der Waals surface area (Å²) in [4.78, 5) is 11.2. The second-order valence-electron chi connectivity index (χ2n) is 3.52. The van der Waals surface area contributed by atoms with Crippen molar-refractivity contribution >= 4 is 5.97 Å². The number of halogens is 1. The van der Waals surface area contributed by atoms with Crippen molar-refractivity contribution in [3.8, 4) is 5.75 Å². The van der Waals surface area contributed by atoms with E-state index in [0.29, 0.717) is 17.9 Å². The van der Waals surface area contributed by atoms with Crippen LogP contribution in [-0.4, -0.2) is 25.7 Å². The molecule has 0 saturated heterocycles. The number of carbonyl (C=O) groups is 1. The number of esters is 1. The van der Waals surface area contributed by atoms with Gasteiger partial charge in [0.2, 0.25) is 0 Å². The average molecular weight is 241 g/mol. The molecule has 1 rings (SSSR count). The second kappa shape index (κ2) is 6.20. The smallest absolute Gasteiger partial charge is 0.322 e. The molecule has 0 heterocycles. The maximum Gasteiger partial charge on any atom is 0.322 e. The number of hydrogen-bond acceptors (Lipinski definition) is 4. The fourth-order valence-electron chi connectivity index (χ4n) is 1.46. The number of hydrogen-bond donors (Lipinski definition) is 1. The van der Waals surface area contributed by atoms with Crippen molar-refractivity contribution in [1.82, 2.24) is 0 Å². The molecule has 17 heavy (non-hydrogen) atoms. The zero-order valence-electron chi connectivity index (χ0n) is 9.90. The molecule has 0 aromatic heterocycles. The summed E-state index contributed by atoms with van der Waals surface area (Å²) in [7, 11) is 1.27. The minimum Gasteiger partial charge on any atom is -0.493 e. The predicted molar refractivity (Wildman–Crippen MR) is 61.3 cm³/mol. The topological polar surface area (TPSA) is 61.5 Å². The van der Waals surface area contributed by atoms with Crippen molar-refractivity contribution in [3.05, 3.63) is 29.6 Å². The van der Waals surface area contributed by atoms with Gasteiger partial charge in [0, 0.05) is 12.5 Å². The molecule has 0 aliphatic rings. The Labute approximate surface area is 99.5 Å². The Kier molecular flexibility index (Phi) is 4.90. The minimum absolute atomic E-state index is 0.252. The van der Waals surface area contributed by atoms with Crippen molar-refractivity contribution < 1.29 is 18.7 Å². The summed E-state index contributed by atoms with van der Waals surface area (Å²) in [6.45, 7) is 2.22. The monoisotopic (exact) mass is 241 g/mol. The first-order chi connectivity index (χ1) is 8.08. The first-order valence-corrected chi connectivity index (χ1v) is 5.33. The largest absolute Gasteiger partial charge is 0.493 e. The molecule has 2 N–H and O–H groups in total. The van der Waals surface area contributed by atoms with Crippen LogP contribution in [0.3, 0.4) is 0 Å². The molecule has 0 spiro atoms. The molecular formula is C12H16FNO3. The van der Waals surface area contributed by atoms with Crippen LogP contribution in [0, 0.1) is 5.82 Å². The van der Waals surface area contributed by atoms with Gasteiger partial charge in [0.25, 0.3) is 0 Å². The average Bonchev–Trinajstić information content (AvgIpc) is 2.31. The SMILES string of the molecule is CCOc1cc(F)ccc1CC(N)C(=O)OC. The zero-order chi connectivity index (χ0) is 12.8. The van der Waals surface area contributed by atoms with E-state index in [-0.39, 0.29) is 12.2 Å². The number of methoxy groups -OCH3 is 1. The molecule has 1 aromatic rings. The third-order valence-electron chi connectivity index (χ3n) is 2.27. The van der Waals surface area contributed by atoms with Gasteiger partial charge in [0.1, 0.15) is 17.6 Å². The molecule has 1 atom stereocenters. The summed E-state index contributed by atoms with van der Waals surface area (Å²) in [5, 5.41) is 0. The van der Waals surface area contributed by atoms with E-state index in [1.807, 2.05) is 0 Å². The summed E-state index contributed by atoms with van der Waals surface area (Å²) in [5.74, 6) is -0.479. The van der Waals surface area contributed by atoms with Crippen LogP contribution in [0.2, 0.25) is 0 Å². The van der Waals surface area contributed by atoms with Crippen LogP contribution >= 0.6 is 0 Å². The van der Waals surface area contributed by atoms with E-state index in [4.69, 9.17) is 10.5 Å². The van der Waals surface area contributed by atoms with Crippen LogP contribution in [0.15, 0.2) is 18.2 Å². The molecule has 0 amide bonds. The van der Waals surface area contributed by atoms with Gasteiger partial charge in [-0.3, -0.25) is 4.79 Å². The van der Waals surface area contributed by atoms with Crippen molar-refractivity contribution in [2.24, 2.45) is 5.73 Å². The van der Waals surface area contributed by atoms with Crippen molar-refractivity contribution in [1.29, 1.82) is 0 Å². The fraction of sp³-hybridized carbons (Fsp3) is 0.417. The standard InChI is InChI=1S/C12H16FNO3/c1-3-17-11-7-9(13)5-4-8(11)6-10(14)12(15)16-2/h4-5,7,10H,3,6,14H2,1-2H3. The third-order valence-corrected chi connectivity index (χ3v) is 2.27. The van der Waals surface area contributed by atoms with E-state index in [1.54, 1.807) is 13.0 Å². The summed E-state index contributed by atoms with van der Waals surface area (Å²) in [6.07, 6.45) is 0.252. The van der Waals surface area contributed by atoms with Crippen LogP contribution in [0.5, 0.6) is 5.75 Å². The molecular weight excluding hydrogens is 225 g/mol. The van der Waals surface area contributed by atoms with Crippen LogP contribution in [0.1, 0.15) is 12.5 Å². The maximum absolute atomic E-state index is 13.0. The van der Waals surface area contributed by atoms with Gasteiger partial charge in [-0.2, -0.15) is 0 Å². The van der Waals surface area contributed by atoms with Crippen LogP contribution in [-0.2, 0) is 16.0 Å². The highest BCUT2D eigenvalue weighted by atomic mass is 19.1. The highest BCUT2D eigenvalue weighted by molar-refractivity contribution is 5.75. The van der Waals surface area contributed by atoms with Crippen LogP contribution in [0.25, 0.3) is 0 Å². The lowest BCUT2D eigenvalue weighted by molar-refractivity contribution is -0.142. The molecule has 0 aliphatic heterocycles. The Morgan fingerprint density at radius 2 is 2.24 bits per heavy atom. The van der Waals surface area contributed by atoms with Crippen LogP contribution in [0.4, 0.5) is 4.39 Å². The van der Waals surface area contributed by atoms with E-state index in [1.165, 1.54) is 19.2 Å².